The summed E-state index contributed by atoms with van der Waals surface area (Å²) < 4.78 is 5.10. The monoisotopic (exact) mass is 354 g/mol. The number of nitrogens with zero attached hydrogens (tertiary/aromatic N) is 2. The van der Waals surface area contributed by atoms with Crippen molar-refractivity contribution in [3.05, 3.63) is 58.5 Å². The van der Waals surface area contributed by atoms with Crippen LogP contribution in [0.1, 0.15) is 11.1 Å². The molecule has 25 heavy (non-hydrogen) atoms. The molecule has 0 saturated carbocycles. The van der Waals surface area contributed by atoms with Crippen molar-refractivity contribution >= 4 is 34.6 Å². The van der Waals surface area contributed by atoms with E-state index in [1.54, 1.807) is 31.3 Å². The van der Waals surface area contributed by atoms with Crippen LogP contribution in [0.15, 0.2) is 52.4 Å². The zero-order chi connectivity index (χ0) is 18.0. The molecule has 1 N–H and O–H groups in total. The number of methoxy groups -OCH3 is 1. The highest BCUT2D eigenvalue weighted by atomic mass is 32.2. The molecule has 1 amide bonds. The molecule has 1 fully saturated rings. The molecule has 0 aliphatic carbocycles. The summed E-state index contributed by atoms with van der Waals surface area (Å²) in [5, 5.41) is 10.8. The van der Waals surface area contributed by atoms with E-state index in [9.17, 15) is 9.90 Å². The summed E-state index contributed by atoms with van der Waals surface area (Å²) >= 11 is 1.28. The van der Waals surface area contributed by atoms with E-state index in [0.717, 1.165) is 11.3 Å². The second kappa shape index (κ2) is 7.03. The van der Waals surface area contributed by atoms with Gasteiger partial charge in [0.1, 0.15) is 0 Å². The molecule has 0 radical (unpaired) electrons. The number of aromatic hydroxyl groups is 1. The Bertz CT molecular complexity index is 873. The van der Waals surface area contributed by atoms with Gasteiger partial charge in [0, 0.05) is 12.6 Å². The Kier molecular flexibility index (Phi) is 4.81. The van der Waals surface area contributed by atoms with Crippen LogP contribution in [0.4, 0.5) is 5.69 Å². The predicted octanol–water partition coefficient (Wildman–Crippen LogP) is 3.94. The van der Waals surface area contributed by atoms with Gasteiger partial charge < -0.3 is 9.84 Å². The van der Waals surface area contributed by atoms with Crippen molar-refractivity contribution < 1.29 is 14.6 Å². The standard InChI is InChI=1S/C19H18N2O3S/c1-12-7-9-14(10-8-12)20-19-21(2)18(23)16(25-19)11-13-5-4-6-15(24-3)17(13)22/h4-11,22H,1-3H3. The van der Waals surface area contributed by atoms with E-state index < -0.39 is 0 Å². The van der Waals surface area contributed by atoms with E-state index in [1.807, 2.05) is 31.2 Å². The number of carbonyl (C=O) groups is 1. The molecule has 0 bridgehead atoms. The van der Waals surface area contributed by atoms with Crippen LogP contribution in [-0.4, -0.2) is 35.2 Å². The molecule has 2 aromatic rings. The van der Waals surface area contributed by atoms with E-state index in [0.29, 0.717) is 21.4 Å². The molecule has 128 valence electrons. The number of hydrogen-bond acceptors (Lipinski definition) is 5. The van der Waals surface area contributed by atoms with Gasteiger partial charge in [-0.1, -0.05) is 29.8 Å². The molecule has 1 saturated heterocycles. The lowest BCUT2D eigenvalue weighted by Crippen LogP contribution is -2.23. The summed E-state index contributed by atoms with van der Waals surface area (Å²) in [6.45, 7) is 2.01. The van der Waals surface area contributed by atoms with Crippen LogP contribution in [0.2, 0.25) is 0 Å². The fourth-order valence-electron chi connectivity index (χ4n) is 2.34. The highest BCUT2D eigenvalue weighted by Crippen LogP contribution is 2.36. The number of carbonyl (C=O) groups excluding carboxylic acids is 1. The first-order chi connectivity index (χ1) is 12.0. The van der Waals surface area contributed by atoms with Crippen LogP contribution in [-0.2, 0) is 4.79 Å². The molecule has 0 aromatic heterocycles. The molecule has 5 nitrogen and oxygen atoms in total. The Hall–Kier alpha value is -2.73. The minimum atomic E-state index is -0.155. The third-order valence-electron chi connectivity index (χ3n) is 3.80. The topological polar surface area (TPSA) is 62.1 Å². The predicted molar refractivity (Wildman–Crippen MR) is 101 cm³/mol. The lowest BCUT2D eigenvalue weighted by molar-refractivity contribution is -0.121. The first-order valence-corrected chi connectivity index (χ1v) is 8.50. The Balaban J connectivity index is 1.92. The van der Waals surface area contributed by atoms with Gasteiger partial charge >= 0.3 is 0 Å². The Morgan fingerprint density at radius 2 is 1.92 bits per heavy atom. The van der Waals surface area contributed by atoms with Crippen LogP contribution in [0.5, 0.6) is 11.5 Å². The van der Waals surface area contributed by atoms with Crippen LogP contribution in [0.25, 0.3) is 6.08 Å². The van der Waals surface area contributed by atoms with E-state index in [4.69, 9.17) is 4.74 Å². The van der Waals surface area contributed by atoms with Gasteiger partial charge in [-0.15, -0.1) is 0 Å². The van der Waals surface area contributed by atoms with E-state index in [1.165, 1.54) is 23.8 Å². The van der Waals surface area contributed by atoms with Gasteiger partial charge in [-0.2, -0.15) is 0 Å². The minimum Gasteiger partial charge on any atom is -0.504 e. The van der Waals surface area contributed by atoms with E-state index in [2.05, 4.69) is 4.99 Å². The van der Waals surface area contributed by atoms with Gasteiger partial charge in [0.05, 0.1) is 17.7 Å². The summed E-state index contributed by atoms with van der Waals surface area (Å²) in [5.41, 5.74) is 2.47. The van der Waals surface area contributed by atoms with Crippen molar-refractivity contribution in [1.29, 1.82) is 0 Å². The maximum atomic E-state index is 12.5. The second-order valence-corrected chi connectivity index (χ2v) is 6.61. The van der Waals surface area contributed by atoms with Gasteiger partial charge in [0.15, 0.2) is 16.7 Å². The highest BCUT2D eigenvalue weighted by molar-refractivity contribution is 8.18. The van der Waals surface area contributed by atoms with Crippen LogP contribution < -0.4 is 4.74 Å². The summed E-state index contributed by atoms with van der Waals surface area (Å²) in [4.78, 5) is 19.0. The number of amides is 1. The van der Waals surface area contributed by atoms with E-state index in [-0.39, 0.29) is 11.7 Å². The molecule has 6 heteroatoms. The maximum absolute atomic E-state index is 12.5. The molecule has 1 aliphatic rings. The molecule has 1 heterocycles. The smallest absolute Gasteiger partial charge is 0.266 e. The molecular weight excluding hydrogens is 336 g/mol. The Labute approximate surface area is 150 Å². The summed E-state index contributed by atoms with van der Waals surface area (Å²) in [7, 11) is 3.18. The molecule has 0 atom stereocenters. The van der Waals surface area contributed by atoms with Crippen molar-refractivity contribution in [2.75, 3.05) is 14.2 Å². The molecular formula is C19H18N2O3S. The number of phenolic OH excluding ortho intramolecular Hbond substituents is 1. The molecule has 0 spiro atoms. The largest absolute Gasteiger partial charge is 0.504 e. The molecule has 1 aliphatic heterocycles. The lowest BCUT2D eigenvalue weighted by atomic mass is 10.1. The fourth-order valence-corrected chi connectivity index (χ4v) is 3.32. The summed E-state index contributed by atoms with van der Waals surface area (Å²) in [5.74, 6) is 0.224. The van der Waals surface area contributed by atoms with Gasteiger partial charge in [0.2, 0.25) is 0 Å². The number of hydrogen-bond donors (Lipinski definition) is 1. The Morgan fingerprint density at radius 3 is 2.60 bits per heavy atom. The van der Waals surface area contributed by atoms with Crippen LogP contribution in [0.3, 0.4) is 0 Å². The number of benzene rings is 2. The van der Waals surface area contributed by atoms with Crippen LogP contribution >= 0.6 is 11.8 Å². The number of thioether (sulfide) groups is 1. The average Bonchev–Trinajstić information content (AvgIpc) is 2.87. The number of aliphatic imine (C=N–C) groups is 1. The molecule has 3 rings (SSSR count). The zero-order valence-electron chi connectivity index (χ0n) is 14.2. The SMILES string of the molecule is COc1cccc(C=C2SC(=Nc3ccc(C)cc3)N(C)C2=O)c1O. The fraction of sp³-hybridized carbons (Fsp3) is 0.158. The first-order valence-electron chi connectivity index (χ1n) is 7.68. The number of ether oxygens (including phenoxy) is 1. The first kappa shape index (κ1) is 17.1. The normalized spacial score (nSPS) is 17.6. The van der Waals surface area contributed by atoms with Crippen molar-refractivity contribution in [2.45, 2.75) is 6.92 Å². The number of phenols is 1. The second-order valence-electron chi connectivity index (χ2n) is 5.60. The van der Waals surface area contributed by atoms with Crippen LogP contribution in [0, 0.1) is 6.92 Å². The van der Waals surface area contributed by atoms with Crippen molar-refractivity contribution in [2.24, 2.45) is 4.99 Å². The quantitative estimate of drug-likeness (QED) is 0.848. The number of aryl methyl sites for hydroxylation is 1. The number of likely N-dealkylation sites (N-methyl/N-ethyl adjacent to an activating group) is 1. The molecule has 2 aromatic carbocycles. The Morgan fingerprint density at radius 1 is 1.20 bits per heavy atom. The number of amidine groups is 1. The maximum Gasteiger partial charge on any atom is 0.266 e. The van der Waals surface area contributed by atoms with Crippen molar-refractivity contribution in [1.82, 2.24) is 4.90 Å². The number of para-hydroxylation sites is 1. The van der Waals surface area contributed by atoms with Gasteiger partial charge in [0.25, 0.3) is 5.91 Å². The molecule has 0 unspecified atom stereocenters. The van der Waals surface area contributed by atoms with Gasteiger partial charge in [-0.3, -0.25) is 9.69 Å². The van der Waals surface area contributed by atoms with Crippen molar-refractivity contribution in [3.8, 4) is 11.5 Å². The highest BCUT2D eigenvalue weighted by Gasteiger charge is 2.30. The lowest BCUT2D eigenvalue weighted by Gasteiger charge is -2.07. The zero-order valence-corrected chi connectivity index (χ0v) is 15.0. The third kappa shape index (κ3) is 3.53. The van der Waals surface area contributed by atoms with E-state index >= 15 is 0 Å². The average molecular weight is 354 g/mol. The number of rotatable bonds is 3. The summed E-state index contributed by atoms with van der Waals surface area (Å²) in [6, 6.07) is 12.9. The van der Waals surface area contributed by atoms with Gasteiger partial charge in [-0.05, 0) is 43.0 Å². The summed E-state index contributed by atoms with van der Waals surface area (Å²) in [6.07, 6.45) is 1.65. The minimum absolute atomic E-state index is 0.0116. The van der Waals surface area contributed by atoms with Crippen molar-refractivity contribution in [3.63, 3.8) is 0 Å². The van der Waals surface area contributed by atoms with Gasteiger partial charge in [-0.25, -0.2) is 4.99 Å². The third-order valence-corrected chi connectivity index (χ3v) is 4.86.